The SMILES string of the molecule is COc1cc(C=c2sc3nc4ccccc4n3c2=O)cc(Br)c1OCc1ccc(Cl)cc1. The van der Waals surface area contributed by atoms with Crippen LogP contribution in [0.15, 0.2) is 69.9 Å². The highest BCUT2D eigenvalue weighted by atomic mass is 79.9. The third kappa shape index (κ3) is 3.88. The number of imidazole rings is 1. The first-order valence-corrected chi connectivity index (χ1v) is 11.7. The number of rotatable bonds is 5. The number of ether oxygens (including phenoxy) is 2. The molecule has 0 atom stereocenters. The molecule has 0 saturated carbocycles. The molecule has 0 unspecified atom stereocenters. The van der Waals surface area contributed by atoms with Gasteiger partial charge >= 0.3 is 0 Å². The van der Waals surface area contributed by atoms with Crippen LogP contribution in [0.3, 0.4) is 0 Å². The zero-order valence-electron chi connectivity index (χ0n) is 16.8. The van der Waals surface area contributed by atoms with Crippen molar-refractivity contribution in [3.63, 3.8) is 0 Å². The Morgan fingerprint density at radius 1 is 1.16 bits per heavy atom. The highest BCUT2D eigenvalue weighted by Crippen LogP contribution is 2.37. The number of nitrogens with zero attached hydrogens (tertiary/aromatic N) is 2. The van der Waals surface area contributed by atoms with Gasteiger partial charge in [-0.05, 0) is 69.5 Å². The molecule has 160 valence electrons. The Labute approximate surface area is 200 Å². The van der Waals surface area contributed by atoms with E-state index in [9.17, 15) is 4.79 Å². The van der Waals surface area contributed by atoms with Gasteiger partial charge in [0.2, 0.25) is 0 Å². The average Bonchev–Trinajstić information content (AvgIpc) is 3.30. The molecule has 0 saturated heterocycles. The quantitative estimate of drug-likeness (QED) is 0.305. The molecule has 5 nitrogen and oxygen atoms in total. The molecule has 0 aliphatic rings. The summed E-state index contributed by atoms with van der Waals surface area (Å²) in [4.78, 5) is 18.3. The van der Waals surface area contributed by atoms with Gasteiger partial charge in [-0.2, -0.15) is 0 Å². The maximum absolute atomic E-state index is 13.0. The lowest BCUT2D eigenvalue weighted by atomic mass is 10.2. The van der Waals surface area contributed by atoms with Crippen molar-refractivity contribution in [3.8, 4) is 11.5 Å². The van der Waals surface area contributed by atoms with E-state index in [1.54, 1.807) is 11.5 Å². The molecule has 5 rings (SSSR count). The second-order valence-corrected chi connectivity index (χ2v) is 9.38. The van der Waals surface area contributed by atoms with E-state index in [4.69, 9.17) is 21.1 Å². The van der Waals surface area contributed by atoms with E-state index in [2.05, 4.69) is 20.9 Å². The number of para-hydroxylation sites is 2. The highest BCUT2D eigenvalue weighted by molar-refractivity contribution is 9.10. The van der Waals surface area contributed by atoms with Crippen LogP contribution in [0.5, 0.6) is 11.5 Å². The normalized spacial score (nSPS) is 12.0. The molecule has 8 heteroatoms. The summed E-state index contributed by atoms with van der Waals surface area (Å²) in [5, 5.41) is 0.680. The van der Waals surface area contributed by atoms with Gasteiger partial charge in [0, 0.05) is 5.02 Å². The molecule has 5 aromatic rings. The minimum absolute atomic E-state index is 0.0862. The van der Waals surface area contributed by atoms with Crippen LogP contribution in [0.25, 0.3) is 22.1 Å². The molecule has 0 radical (unpaired) electrons. The number of aromatic nitrogens is 2. The Balaban J connectivity index is 1.51. The second kappa shape index (κ2) is 8.58. The summed E-state index contributed by atoms with van der Waals surface area (Å²) >= 11 is 10.9. The monoisotopic (exact) mass is 526 g/mol. The van der Waals surface area contributed by atoms with Crippen molar-refractivity contribution in [2.24, 2.45) is 0 Å². The topological polar surface area (TPSA) is 52.8 Å². The summed E-state index contributed by atoms with van der Waals surface area (Å²) in [7, 11) is 1.59. The fourth-order valence-corrected chi connectivity index (χ4v) is 5.15. The molecule has 0 aliphatic carbocycles. The Morgan fingerprint density at radius 2 is 1.94 bits per heavy atom. The number of hydrogen-bond donors (Lipinski definition) is 0. The number of benzene rings is 3. The van der Waals surface area contributed by atoms with Crippen molar-refractivity contribution in [1.29, 1.82) is 0 Å². The van der Waals surface area contributed by atoms with Gasteiger partial charge in [0.25, 0.3) is 5.56 Å². The first kappa shape index (κ1) is 21.0. The van der Waals surface area contributed by atoms with E-state index in [0.717, 1.165) is 26.6 Å². The van der Waals surface area contributed by atoms with E-state index < -0.39 is 0 Å². The van der Waals surface area contributed by atoms with Crippen LogP contribution in [-0.4, -0.2) is 16.5 Å². The van der Waals surface area contributed by atoms with Crippen molar-refractivity contribution in [2.75, 3.05) is 7.11 Å². The number of halogens is 2. The van der Waals surface area contributed by atoms with Crippen LogP contribution in [0, 0.1) is 0 Å². The van der Waals surface area contributed by atoms with Crippen LogP contribution in [-0.2, 0) is 6.61 Å². The van der Waals surface area contributed by atoms with E-state index in [1.165, 1.54) is 11.3 Å². The van der Waals surface area contributed by atoms with E-state index in [-0.39, 0.29) is 5.56 Å². The molecule has 0 spiro atoms. The lowest BCUT2D eigenvalue weighted by Gasteiger charge is -2.13. The summed E-state index contributed by atoms with van der Waals surface area (Å²) in [5.41, 5.74) is 3.35. The van der Waals surface area contributed by atoms with E-state index >= 15 is 0 Å². The minimum Gasteiger partial charge on any atom is -0.493 e. The Kier molecular flexibility index (Phi) is 5.63. The van der Waals surface area contributed by atoms with Crippen LogP contribution >= 0.6 is 38.9 Å². The molecule has 2 aromatic heterocycles. The molecule has 0 amide bonds. The van der Waals surface area contributed by atoms with Crippen molar-refractivity contribution in [2.45, 2.75) is 6.61 Å². The first-order chi connectivity index (χ1) is 15.5. The molecular weight excluding hydrogens is 512 g/mol. The smallest absolute Gasteiger partial charge is 0.274 e. The average molecular weight is 528 g/mol. The van der Waals surface area contributed by atoms with Crippen molar-refractivity contribution < 1.29 is 9.47 Å². The van der Waals surface area contributed by atoms with Crippen LogP contribution in [0.4, 0.5) is 0 Å². The summed E-state index contributed by atoms with van der Waals surface area (Å²) in [6.07, 6.45) is 1.84. The maximum Gasteiger partial charge on any atom is 0.274 e. The van der Waals surface area contributed by atoms with Crippen molar-refractivity contribution in [1.82, 2.24) is 9.38 Å². The predicted octanol–water partition coefficient (Wildman–Crippen LogP) is 5.46. The van der Waals surface area contributed by atoms with Gasteiger partial charge in [-0.25, -0.2) is 9.38 Å². The Bertz CT molecular complexity index is 1560. The number of fused-ring (bicyclic) bond motifs is 3. The lowest BCUT2D eigenvalue weighted by molar-refractivity contribution is 0.282. The van der Waals surface area contributed by atoms with Gasteiger partial charge in [-0.1, -0.05) is 47.2 Å². The lowest BCUT2D eigenvalue weighted by Crippen LogP contribution is -2.22. The summed E-state index contributed by atoms with van der Waals surface area (Å²) in [6, 6.07) is 18.9. The Hall–Kier alpha value is -2.87. The second-order valence-electron chi connectivity index (χ2n) is 7.08. The molecule has 0 bridgehead atoms. The van der Waals surface area contributed by atoms with Crippen molar-refractivity contribution in [3.05, 3.63) is 96.2 Å². The van der Waals surface area contributed by atoms with Gasteiger partial charge in [0.15, 0.2) is 16.5 Å². The molecule has 32 heavy (non-hydrogen) atoms. The predicted molar refractivity (Wildman–Crippen MR) is 132 cm³/mol. The van der Waals surface area contributed by atoms with E-state index in [0.29, 0.717) is 32.6 Å². The van der Waals surface area contributed by atoms with Gasteiger partial charge < -0.3 is 9.47 Å². The molecule has 2 heterocycles. The van der Waals surface area contributed by atoms with Gasteiger partial charge in [0.1, 0.15) is 6.61 Å². The highest BCUT2D eigenvalue weighted by Gasteiger charge is 2.14. The van der Waals surface area contributed by atoms with Crippen LogP contribution in [0.1, 0.15) is 11.1 Å². The fraction of sp³-hybridized carbons (Fsp3) is 0.0833. The number of thiazole rings is 1. The zero-order valence-corrected chi connectivity index (χ0v) is 20.0. The van der Waals surface area contributed by atoms with Gasteiger partial charge in [-0.3, -0.25) is 4.79 Å². The third-order valence-corrected chi connectivity index (χ3v) is 6.80. The molecule has 3 aromatic carbocycles. The third-order valence-electron chi connectivity index (χ3n) is 4.99. The zero-order chi connectivity index (χ0) is 22.2. The molecule has 0 fully saturated rings. The van der Waals surface area contributed by atoms with Crippen molar-refractivity contribution >= 4 is 60.9 Å². The van der Waals surface area contributed by atoms with Crippen LogP contribution in [0.2, 0.25) is 5.02 Å². The van der Waals surface area contributed by atoms with Gasteiger partial charge in [-0.15, -0.1) is 0 Å². The first-order valence-electron chi connectivity index (χ1n) is 9.70. The minimum atomic E-state index is -0.0862. The summed E-state index contributed by atoms with van der Waals surface area (Å²) < 4.78 is 14.5. The molecule has 0 aliphatic heterocycles. The maximum atomic E-state index is 13.0. The number of methoxy groups -OCH3 is 1. The van der Waals surface area contributed by atoms with Gasteiger partial charge in [0.05, 0.1) is 27.1 Å². The summed E-state index contributed by atoms with van der Waals surface area (Å²) in [6.45, 7) is 0.370. The fourth-order valence-electron chi connectivity index (χ4n) is 3.46. The van der Waals surface area contributed by atoms with E-state index in [1.807, 2.05) is 66.7 Å². The molecular formula is C24H16BrClN2O3S. The summed E-state index contributed by atoms with van der Waals surface area (Å²) in [5.74, 6) is 1.16. The largest absolute Gasteiger partial charge is 0.493 e. The van der Waals surface area contributed by atoms with Crippen LogP contribution < -0.4 is 19.6 Å². The Morgan fingerprint density at radius 3 is 2.72 bits per heavy atom. The standard InChI is InChI=1S/C24H16BrClN2O3S/c1-30-20-11-15(10-17(25)22(20)31-13-14-6-8-16(26)9-7-14)12-21-23(29)28-19-5-3-2-4-18(19)27-24(28)32-21/h2-12H,13H2,1H3. The number of hydrogen-bond acceptors (Lipinski definition) is 5. The molecule has 0 N–H and O–H groups in total.